The van der Waals surface area contributed by atoms with Crippen molar-refractivity contribution in [2.75, 3.05) is 13.2 Å². The molecule has 0 radical (unpaired) electrons. The zero-order valence-corrected chi connectivity index (χ0v) is 13.5. The van der Waals surface area contributed by atoms with Gasteiger partial charge in [0, 0.05) is 36.0 Å². The summed E-state index contributed by atoms with van der Waals surface area (Å²) >= 11 is 5.93. The summed E-state index contributed by atoms with van der Waals surface area (Å²) in [5, 5.41) is 17.8. The molecule has 0 bridgehead atoms. The average Bonchev–Trinajstić information content (AvgIpc) is 2.75. The predicted molar refractivity (Wildman–Crippen MR) is 86.0 cm³/mol. The maximum atomic E-state index is 9.05. The van der Waals surface area contributed by atoms with Crippen LogP contribution in [0, 0.1) is 19.8 Å². The van der Waals surface area contributed by atoms with Gasteiger partial charge >= 0.3 is 0 Å². The molecule has 2 N–H and O–H groups in total. The lowest BCUT2D eigenvalue weighted by molar-refractivity contribution is 0.233. The monoisotopic (exact) mass is 307 g/mol. The Balaban J connectivity index is 2.15. The van der Waals surface area contributed by atoms with E-state index in [1.54, 1.807) is 0 Å². The first-order chi connectivity index (χ1) is 10.0. The van der Waals surface area contributed by atoms with Crippen LogP contribution in [0.15, 0.2) is 24.3 Å². The summed E-state index contributed by atoms with van der Waals surface area (Å²) in [4.78, 5) is 0. The topological polar surface area (TPSA) is 50.1 Å². The number of hydrogen-bond acceptors (Lipinski definition) is 3. The molecule has 0 aliphatic rings. The fraction of sp³-hybridized carbons (Fsp3) is 0.438. The van der Waals surface area contributed by atoms with Crippen molar-refractivity contribution in [3.05, 3.63) is 46.2 Å². The van der Waals surface area contributed by atoms with E-state index in [0.29, 0.717) is 0 Å². The molecular weight excluding hydrogens is 286 g/mol. The highest BCUT2D eigenvalue weighted by molar-refractivity contribution is 6.30. The Morgan fingerprint density at radius 1 is 1.29 bits per heavy atom. The van der Waals surface area contributed by atoms with Crippen LogP contribution in [0.25, 0.3) is 5.69 Å². The van der Waals surface area contributed by atoms with E-state index in [-0.39, 0.29) is 12.5 Å². The van der Waals surface area contributed by atoms with Crippen molar-refractivity contribution in [1.82, 2.24) is 15.1 Å². The van der Waals surface area contributed by atoms with Crippen molar-refractivity contribution < 1.29 is 5.11 Å². The number of rotatable bonds is 6. The lowest BCUT2D eigenvalue weighted by Gasteiger charge is -2.10. The Hall–Kier alpha value is -1.36. The maximum Gasteiger partial charge on any atom is 0.0649 e. The summed E-state index contributed by atoms with van der Waals surface area (Å²) < 4.78 is 1.94. The van der Waals surface area contributed by atoms with E-state index < -0.39 is 0 Å². The smallest absolute Gasteiger partial charge is 0.0649 e. The summed E-state index contributed by atoms with van der Waals surface area (Å²) in [6.45, 7) is 7.86. The Morgan fingerprint density at radius 2 is 1.95 bits per heavy atom. The molecule has 114 valence electrons. The van der Waals surface area contributed by atoms with Crippen LogP contribution in [0.1, 0.15) is 23.9 Å². The third-order valence-electron chi connectivity index (χ3n) is 3.62. The zero-order valence-electron chi connectivity index (χ0n) is 12.7. The number of aryl methyl sites for hydroxylation is 1. The largest absolute Gasteiger partial charge is 0.396 e. The molecule has 21 heavy (non-hydrogen) atoms. The molecule has 1 aromatic heterocycles. The summed E-state index contributed by atoms with van der Waals surface area (Å²) in [6.07, 6.45) is 0. The molecule has 2 aromatic rings. The number of nitrogens with one attached hydrogen (secondary N) is 1. The minimum atomic E-state index is 0.203. The van der Waals surface area contributed by atoms with E-state index in [2.05, 4.69) is 17.3 Å². The van der Waals surface area contributed by atoms with E-state index in [4.69, 9.17) is 16.7 Å². The summed E-state index contributed by atoms with van der Waals surface area (Å²) in [6, 6.07) is 7.67. The second kappa shape index (κ2) is 7.07. The Kier molecular flexibility index (Phi) is 5.39. The highest BCUT2D eigenvalue weighted by atomic mass is 35.5. The quantitative estimate of drug-likeness (QED) is 0.863. The van der Waals surface area contributed by atoms with E-state index in [1.165, 1.54) is 5.56 Å². The van der Waals surface area contributed by atoms with Crippen LogP contribution in [0.5, 0.6) is 0 Å². The second-order valence-electron chi connectivity index (χ2n) is 5.46. The fourth-order valence-corrected chi connectivity index (χ4v) is 2.40. The molecule has 0 saturated carbocycles. The van der Waals surface area contributed by atoms with E-state index in [9.17, 15) is 0 Å². The third kappa shape index (κ3) is 3.84. The minimum Gasteiger partial charge on any atom is -0.396 e. The first-order valence-corrected chi connectivity index (χ1v) is 7.53. The summed E-state index contributed by atoms with van der Waals surface area (Å²) in [5.74, 6) is 0.261. The molecule has 0 spiro atoms. The van der Waals surface area contributed by atoms with Crippen LogP contribution >= 0.6 is 11.6 Å². The number of hydrogen-bond donors (Lipinski definition) is 2. The molecule has 0 saturated heterocycles. The summed E-state index contributed by atoms with van der Waals surface area (Å²) in [5.41, 5.74) is 4.36. The molecule has 1 unspecified atom stereocenters. The predicted octanol–water partition coefficient (Wildman–Crippen LogP) is 2.86. The lowest BCUT2D eigenvalue weighted by Crippen LogP contribution is -2.23. The number of halogens is 1. The van der Waals surface area contributed by atoms with Crippen LogP contribution in [-0.2, 0) is 6.54 Å². The highest BCUT2D eigenvalue weighted by Gasteiger charge is 2.12. The van der Waals surface area contributed by atoms with Gasteiger partial charge in [0.15, 0.2) is 0 Å². The molecule has 5 heteroatoms. The van der Waals surface area contributed by atoms with Crippen molar-refractivity contribution in [2.45, 2.75) is 27.3 Å². The van der Waals surface area contributed by atoms with Crippen LogP contribution < -0.4 is 5.32 Å². The van der Waals surface area contributed by atoms with Crippen molar-refractivity contribution in [3.63, 3.8) is 0 Å². The first-order valence-electron chi connectivity index (χ1n) is 7.15. The maximum absolute atomic E-state index is 9.05. The average molecular weight is 308 g/mol. The minimum absolute atomic E-state index is 0.203. The Morgan fingerprint density at radius 3 is 2.57 bits per heavy atom. The standard InChI is InChI=1S/C16H22ClN3O/c1-11(10-21)8-18-9-16-12(2)19-20(13(16)3)15-6-4-14(17)5-7-15/h4-7,11,18,21H,8-10H2,1-3H3. The highest BCUT2D eigenvalue weighted by Crippen LogP contribution is 2.19. The molecule has 1 aromatic carbocycles. The van der Waals surface area contributed by atoms with Gasteiger partial charge in [0.2, 0.25) is 0 Å². The van der Waals surface area contributed by atoms with Gasteiger partial charge in [-0.1, -0.05) is 18.5 Å². The van der Waals surface area contributed by atoms with Gasteiger partial charge in [-0.2, -0.15) is 5.10 Å². The SMILES string of the molecule is Cc1nn(-c2ccc(Cl)cc2)c(C)c1CNCC(C)CO. The second-order valence-corrected chi connectivity index (χ2v) is 5.89. The molecule has 0 aliphatic heterocycles. The van der Waals surface area contributed by atoms with E-state index in [0.717, 1.165) is 35.2 Å². The van der Waals surface area contributed by atoms with E-state index in [1.807, 2.05) is 42.8 Å². The van der Waals surface area contributed by atoms with Crippen molar-refractivity contribution in [1.29, 1.82) is 0 Å². The van der Waals surface area contributed by atoms with Crippen LogP contribution in [0.3, 0.4) is 0 Å². The van der Waals surface area contributed by atoms with Gasteiger partial charge in [-0.25, -0.2) is 4.68 Å². The van der Waals surface area contributed by atoms with Crippen molar-refractivity contribution in [2.24, 2.45) is 5.92 Å². The molecule has 0 amide bonds. The van der Waals surface area contributed by atoms with Gasteiger partial charge in [-0.05, 0) is 44.0 Å². The summed E-state index contributed by atoms with van der Waals surface area (Å²) in [7, 11) is 0. The van der Waals surface area contributed by atoms with Crippen LogP contribution in [0.2, 0.25) is 5.02 Å². The molecule has 0 fully saturated rings. The Labute approximate surface area is 130 Å². The van der Waals surface area contributed by atoms with Gasteiger partial charge in [0.25, 0.3) is 0 Å². The van der Waals surface area contributed by atoms with Gasteiger partial charge in [0.1, 0.15) is 0 Å². The third-order valence-corrected chi connectivity index (χ3v) is 3.87. The normalized spacial score (nSPS) is 12.6. The zero-order chi connectivity index (χ0) is 15.4. The number of nitrogens with zero attached hydrogens (tertiary/aromatic N) is 2. The van der Waals surface area contributed by atoms with Gasteiger partial charge in [0.05, 0.1) is 11.4 Å². The number of aliphatic hydroxyl groups excluding tert-OH is 1. The van der Waals surface area contributed by atoms with Crippen molar-refractivity contribution >= 4 is 11.6 Å². The van der Waals surface area contributed by atoms with E-state index >= 15 is 0 Å². The Bertz CT molecular complexity index is 592. The van der Waals surface area contributed by atoms with Gasteiger partial charge < -0.3 is 10.4 Å². The molecule has 2 rings (SSSR count). The molecular formula is C16H22ClN3O. The van der Waals surface area contributed by atoms with Gasteiger partial charge in [-0.15, -0.1) is 0 Å². The number of aliphatic hydroxyl groups is 1. The molecule has 1 atom stereocenters. The van der Waals surface area contributed by atoms with Crippen molar-refractivity contribution in [3.8, 4) is 5.69 Å². The molecule has 4 nitrogen and oxygen atoms in total. The van der Waals surface area contributed by atoms with Gasteiger partial charge in [-0.3, -0.25) is 0 Å². The first kappa shape index (κ1) is 16.0. The number of benzene rings is 1. The molecule has 0 aliphatic carbocycles. The number of aromatic nitrogens is 2. The van der Waals surface area contributed by atoms with Crippen LogP contribution in [-0.4, -0.2) is 28.0 Å². The van der Waals surface area contributed by atoms with Crippen LogP contribution in [0.4, 0.5) is 0 Å². The lowest BCUT2D eigenvalue weighted by atomic mass is 10.1. The molecule has 1 heterocycles. The fourth-order valence-electron chi connectivity index (χ4n) is 2.27.